The Bertz CT molecular complexity index is 658. The van der Waals surface area contributed by atoms with Gasteiger partial charge in [-0.25, -0.2) is 13.2 Å². The lowest BCUT2D eigenvalue weighted by Gasteiger charge is -2.35. The van der Waals surface area contributed by atoms with Crippen molar-refractivity contribution in [3.05, 3.63) is 0 Å². The number of rotatable bonds is 3. The molecule has 1 amide bonds. The predicted molar refractivity (Wildman–Crippen MR) is 61.0 cm³/mol. The van der Waals surface area contributed by atoms with Crippen LogP contribution in [0.2, 0.25) is 0 Å². The summed E-state index contributed by atoms with van der Waals surface area (Å²) in [6.45, 7) is -1.40. The van der Waals surface area contributed by atoms with Crippen LogP contribution in [0.5, 0.6) is 0 Å². The van der Waals surface area contributed by atoms with E-state index in [1.807, 2.05) is 0 Å². The van der Waals surface area contributed by atoms with E-state index in [2.05, 4.69) is 4.74 Å². The molecule has 1 N–H and O–H groups in total. The molecular weight excluding hydrogens is 335 g/mol. The molecule has 3 atom stereocenters. The summed E-state index contributed by atoms with van der Waals surface area (Å²) in [5.41, 5.74) is 0. The third-order valence-electron chi connectivity index (χ3n) is 3.70. The van der Waals surface area contributed by atoms with Gasteiger partial charge >= 0.3 is 18.1 Å². The fraction of sp³-hybridized carbons (Fsp3) is 0.700. The second-order valence-electron chi connectivity index (χ2n) is 5.04. The molecular formula is C10H10F3NO7S. The first-order chi connectivity index (χ1) is 9.84. The number of β-lactam (4-membered cyclic amide) rings is 1. The van der Waals surface area contributed by atoms with Gasteiger partial charge in [0.15, 0.2) is 27.2 Å². The number of sulfone groups is 1. The van der Waals surface area contributed by atoms with Crippen LogP contribution in [0, 0.1) is 0 Å². The van der Waals surface area contributed by atoms with E-state index in [4.69, 9.17) is 5.11 Å². The molecule has 2 heterocycles. The third-order valence-corrected chi connectivity index (χ3v) is 6.38. The number of carboxylic acids is 1. The van der Waals surface area contributed by atoms with E-state index in [9.17, 15) is 36.0 Å². The summed E-state index contributed by atoms with van der Waals surface area (Å²) in [6, 6.07) is -2.12. The second-order valence-corrected chi connectivity index (χ2v) is 7.53. The Morgan fingerprint density at radius 2 is 2.00 bits per heavy atom. The predicted octanol–water partition coefficient (Wildman–Crippen LogP) is -0.709. The average Bonchev–Trinajstić information content (AvgIpc) is 2.50. The fourth-order valence-corrected chi connectivity index (χ4v) is 4.83. The van der Waals surface area contributed by atoms with Crippen LogP contribution in [0.25, 0.3) is 0 Å². The molecule has 0 aromatic heterocycles. The van der Waals surface area contributed by atoms with Gasteiger partial charge in [0.05, 0.1) is 6.42 Å². The summed E-state index contributed by atoms with van der Waals surface area (Å²) in [6.07, 6.45) is -5.42. The molecule has 2 saturated heterocycles. The first-order valence-corrected chi connectivity index (χ1v) is 7.40. The van der Waals surface area contributed by atoms with Gasteiger partial charge in [0.25, 0.3) is 0 Å². The number of carbonyl (C=O) groups excluding carboxylic acids is 2. The average molecular weight is 345 g/mol. The van der Waals surface area contributed by atoms with Crippen LogP contribution in [0.15, 0.2) is 0 Å². The maximum Gasteiger partial charge on any atom is 0.422 e. The molecule has 0 spiro atoms. The number of hydrogen-bond donors (Lipinski definition) is 1. The van der Waals surface area contributed by atoms with Gasteiger partial charge in [0.2, 0.25) is 5.91 Å². The minimum absolute atomic E-state index is 0.479. The fourth-order valence-electron chi connectivity index (χ4n) is 2.55. The second kappa shape index (κ2) is 4.57. The highest BCUT2D eigenvalue weighted by atomic mass is 32.2. The summed E-state index contributed by atoms with van der Waals surface area (Å²) in [5, 5.41) is 7.57. The Kier molecular flexibility index (Phi) is 3.43. The molecule has 12 heteroatoms. The minimum Gasteiger partial charge on any atom is -0.480 e. The largest absolute Gasteiger partial charge is 0.480 e. The molecule has 0 aromatic rings. The number of esters is 1. The third kappa shape index (κ3) is 2.04. The molecule has 0 aromatic carbocycles. The number of carboxylic acid groups (broad SMARTS) is 1. The molecule has 0 bridgehead atoms. The van der Waals surface area contributed by atoms with Gasteiger partial charge in [-0.2, -0.15) is 13.2 Å². The zero-order valence-electron chi connectivity index (χ0n) is 11.0. The number of carbonyl (C=O) groups is 3. The number of ether oxygens (including phenoxy) is 1. The summed E-state index contributed by atoms with van der Waals surface area (Å²) in [5.74, 6) is -4.47. The molecule has 2 aliphatic rings. The maximum atomic E-state index is 12.3. The lowest BCUT2D eigenvalue weighted by atomic mass is 9.96. The number of aliphatic carboxylic acids is 1. The highest BCUT2D eigenvalue weighted by molar-refractivity contribution is 7.94. The molecule has 0 radical (unpaired) electrons. The first kappa shape index (κ1) is 16.5. The van der Waals surface area contributed by atoms with Crippen molar-refractivity contribution >= 4 is 27.7 Å². The Labute approximate surface area is 121 Å². The number of fused-ring (bicyclic) bond motifs is 1. The van der Waals surface area contributed by atoms with E-state index >= 15 is 0 Å². The molecule has 22 heavy (non-hydrogen) atoms. The number of amides is 1. The van der Waals surface area contributed by atoms with Crippen molar-refractivity contribution in [3.8, 4) is 0 Å². The van der Waals surface area contributed by atoms with Gasteiger partial charge in [0, 0.05) is 0 Å². The quantitative estimate of drug-likeness (QED) is 0.530. The molecule has 2 rings (SSSR count). The summed E-state index contributed by atoms with van der Waals surface area (Å²) < 4.78 is 61.9. The van der Waals surface area contributed by atoms with E-state index in [-0.39, 0.29) is 0 Å². The lowest BCUT2D eigenvalue weighted by molar-refractivity contribution is -0.189. The van der Waals surface area contributed by atoms with Crippen LogP contribution < -0.4 is 0 Å². The highest BCUT2D eigenvalue weighted by Gasteiger charge is 2.74. The monoisotopic (exact) mass is 345 g/mol. The highest BCUT2D eigenvalue weighted by Crippen LogP contribution is 2.46. The van der Waals surface area contributed by atoms with Crippen molar-refractivity contribution in [2.24, 2.45) is 0 Å². The molecule has 2 aliphatic heterocycles. The Balaban J connectivity index is 2.42. The van der Waals surface area contributed by atoms with Gasteiger partial charge < -0.3 is 14.7 Å². The van der Waals surface area contributed by atoms with Gasteiger partial charge in [-0.15, -0.1) is 0 Å². The van der Waals surface area contributed by atoms with Gasteiger partial charge in [0.1, 0.15) is 5.37 Å². The van der Waals surface area contributed by atoms with E-state index in [0.29, 0.717) is 11.8 Å². The summed E-state index contributed by atoms with van der Waals surface area (Å²) in [7, 11) is -4.54. The number of alkyl halides is 3. The molecule has 124 valence electrons. The van der Waals surface area contributed by atoms with Gasteiger partial charge in [-0.1, -0.05) is 0 Å². The smallest absolute Gasteiger partial charge is 0.422 e. The van der Waals surface area contributed by atoms with E-state index < -0.39 is 63.0 Å². The Morgan fingerprint density at radius 3 is 2.41 bits per heavy atom. The zero-order valence-corrected chi connectivity index (χ0v) is 11.8. The van der Waals surface area contributed by atoms with Crippen molar-refractivity contribution in [3.63, 3.8) is 0 Å². The van der Waals surface area contributed by atoms with Crippen LogP contribution in [-0.2, 0) is 29.0 Å². The standard InChI is InChI=1S/C10H10F3NO7S/c1-9(8(18)21-3-10(11,12)13)6(7(16)17)14-4(15)2-5(14)22(9,19)20/h5-6H,2-3H2,1H3,(H,16,17)/t5?,6-,9+/m0/s1. The van der Waals surface area contributed by atoms with Crippen LogP contribution in [-0.4, -0.2) is 65.2 Å². The number of nitrogens with zero attached hydrogens (tertiary/aromatic N) is 1. The molecule has 0 aliphatic carbocycles. The van der Waals surface area contributed by atoms with E-state index in [1.165, 1.54) is 0 Å². The van der Waals surface area contributed by atoms with Crippen LogP contribution in [0.3, 0.4) is 0 Å². The van der Waals surface area contributed by atoms with Gasteiger partial charge in [-0.05, 0) is 6.92 Å². The van der Waals surface area contributed by atoms with Crippen molar-refractivity contribution in [2.75, 3.05) is 6.61 Å². The van der Waals surface area contributed by atoms with E-state index in [0.717, 1.165) is 0 Å². The number of halogens is 3. The van der Waals surface area contributed by atoms with E-state index in [1.54, 1.807) is 0 Å². The molecule has 0 saturated carbocycles. The van der Waals surface area contributed by atoms with Crippen LogP contribution in [0.1, 0.15) is 13.3 Å². The topological polar surface area (TPSA) is 118 Å². The summed E-state index contributed by atoms with van der Waals surface area (Å²) in [4.78, 5) is 35.0. The maximum absolute atomic E-state index is 12.3. The molecule has 8 nitrogen and oxygen atoms in total. The zero-order chi connectivity index (χ0) is 17.1. The first-order valence-electron chi connectivity index (χ1n) is 5.85. The normalized spacial score (nSPS) is 33.1. The minimum atomic E-state index is -4.90. The van der Waals surface area contributed by atoms with Gasteiger partial charge in [-0.3, -0.25) is 9.59 Å². The molecule has 1 unspecified atom stereocenters. The SMILES string of the molecule is C[C@]1(C(=O)OCC(F)(F)F)[C@H](C(=O)O)N2C(=O)CC2S1(=O)=O. The van der Waals surface area contributed by atoms with Crippen molar-refractivity contribution in [1.29, 1.82) is 0 Å². The Hall–Kier alpha value is -1.85. The van der Waals surface area contributed by atoms with Crippen molar-refractivity contribution in [1.82, 2.24) is 4.90 Å². The lowest BCUT2D eigenvalue weighted by Crippen LogP contribution is -2.59. The molecule has 2 fully saturated rings. The van der Waals surface area contributed by atoms with Crippen molar-refractivity contribution in [2.45, 2.75) is 35.7 Å². The Morgan fingerprint density at radius 1 is 1.45 bits per heavy atom. The number of hydrogen-bond acceptors (Lipinski definition) is 6. The summed E-state index contributed by atoms with van der Waals surface area (Å²) >= 11 is 0. The van der Waals surface area contributed by atoms with Crippen molar-refractivity contribution < 1.29 is 45.8 Å². The van der Waals surface area contributed by atoms with Crippen LogP contribution >= 0.6 is 0 Å². The van der Waals surface area contributed by atoms with Crippen LogP contribution in [0.4, 0.5) is 13.2 Å².